The zero-order valence-electron chi connectivity index (χ0n) is 17.5. The van der Waals surface area contributed by atoms with Gasteiger partial charge in [0.15, 0.2) is 0 Å². The molecule has 6 nitrogen and oxygen atoms in total. The van der Waals surface area contributed by atoms with Gasteiger partial charge in [-0.25, -0.2) is 8.42 Å². The molecule has 30 heavy (non-hydrogen) atoms. The van der Waals surface area contributed by atoms with Gasteiger partial charge in [0.1, 0.15) is 10.6 Å². The molecule has 0 aliphatic carbocycles. The summed E-state index contributed by atoms with van der Waals surface area (Å²) in [4.78, 5) is 15.1. The molecule has 0 radical (unpaired) electrons. The maximum absolute atomic E-state index is 13.4. The third-order valence-electron chi connectivity index (χ3n) is 6.16. The molecular formula is C23H28N2O4S. The van der Waals surface area contributed by atoms with Crippen LogP contribution in [-0.2, 0) is 23.0 Å². The number of ether oxygens (including phenoxy) is 1. The molecule has 1 amide bonds. The standard InChI is InChI=1S/C23H28N2O4S/c1-17-7-5-6-13-25(17)30(27,28)22-15-19(10-11-21(22)29-2)23(26)24-14-12-18-8-3-4-9-20(18)16-24/h3-4,8-11,15,17H,5-7,12-14,16H2,1-2H3. The van der Waals surface area contributed by atoms with Crippen LogP contribution in [0.2, 0.25) is 0 Å². The Labute approximate surface area is 178 Å². The molecule has 4 rings (SSSR count). The first-order valence-electron chi connectivity index (χ1n) is 10.5. The summed E-state index contributed by atoms with van der Waals surface area (Å²) in [6.07, 6.45) is 3.51. The quantitative estimate of drug-likeness (QED) is 0.748. The van der Waals surface area contributed by atoms with Gasteiger partial charge in [-0.05, 0) is 55.5 Å². The highest BCUT2D eigenvalue weighted by Crippen LogP contribution is 2.32. The van der Waals surface area contributed by atoms with Gasteiger partial charge in [0.05, 0.1) is 7.11 Å². The maximum atomic E-state index is 13.4. The minimum absolute atomic E-state index is 0.0635. The fourth-order valence-electron chi connectivity index (χ4n) is 4.42. The van der Waals surface area contributed by atoms with Crippen LogP contribution >= 0.6 is 0 Å². The summed E-state index contributed by atoms with van der Waals surface area (Å²) in [5, 5.41) is 0. The SMILES string of the molecule is COc1ccc(C(=O)N2CCc3ccccc3C2)cc1S(=O)(=O)N1CCCCC1C. The Hall–Kier alpha value is -2.38. The molecule has 0 spiro atoms. The topological polar surface area (TPSA) is 66.9 Å². The predicted octanol–water partition coefficient (Wildman–Crippen LogP) is 3.46. The lowest BCUT2D eigenvalue weighted by molar-refractivity contribution is 0.0734. The molecule has 1 saturated heterocycles. The van der Waals surface area contributed by atoms with E-state index in [9.17, 15) is 13.2 Å². The Bertz CT molecular complexity index is 1050. The van der Waals surface area contributed by atoms with E-state index in [0.29, 0.717) is 25.2 Å². The van der Waals surface area contributed by atoms with Crippen LogP contribution in [0.25, 0.3) is 0 Å². The van der Waals surface area contributed by atoms with Gasteiger partial charge in [0.2, 0.25) is 10.0 Å². The summed E-state index contributed by atoms with van der Waals surface area (Å²) < 4.78 is 33.7. The van der Waals surface area contributed by atoms with Gasteiger partial charge in [-0.1, -0.05) is 30.7 Å². The summed E-state index contributed by atoms with van der Waals surface area (Å²) in [5.41, 5.74) is 2.78. The second-order valence-electron chi connectivity index (χ2n) is 8.07. The van der Waals surface area contributed by atoms with E-state index < -0.39 is 10.0 Å². The van der Waals surface area contributed by atoms with Crippen LogP contribution < -0.4 is 4.74 Å². The van der Waals surface area contributed by atoms with E-state index in [4.69, 9.17) is 4.74 Å². The van der Waals surface area contributed by atoms with Crippen molar-refractivity contribution >= 4 is 15.9 Å². The molecule has 2 aliphatic rings. The normalized spacial score (nSPS) is 19.9. The number of hydrogen-bond acceptors (Lipinski definition) is 4. The molecule has 0 aromatic heterocycles. The van der Waals surface area contributed by atoms with Crippen LogP contribution in [0.4, 0.5) is 0 Å². The molecule has 2 heterocycles. The number of piperidine rings is 1. The number of sulfonamides is 1. The lowest BCUT2D eigenvalue weighted by Gasteiger charge is -2.33. The molecule has 1 atom stereocenters. The minimum Gasteiger partial charge on any atom is -0.495 e. The van der Waals surface area contributed by atoms with Crippen molar-refractivity contribution in [2.75, 3.05) is 20.2 Å². The van der Waals surface area contributed by atoms with E-state index in [2.05, 4.69) is 6.07 Å². The first kappa shape index (κ1) is 20.9. The molecule has 2 aromatic carbocycles. The number of fused-ring (bicyclic) bond motifs is 1. The lowest BCUT2D eigenvalue weighted by atomic mass is 9.99. The van der Waals surface area contributed by atoms with Crippen LogP contribution in [0.5, 0.6) is 5.75 Å². The molecule has 2 aromatic rings. The van der Waals surface area contributed by atoms with E-state index in [1.165, 1.54) is 18.7 Å². The number of carbonyl (C=O) groups is 1. The molecule has 0 bridgehead atoms. The van der Waals surface area contributed by atoms with Gasteiger partial charge < -0.3 is 9.64 Å². The van der Waals surface area contributed by atoms with E-state index in [-0.39, 0.29) is 22.6 Å². The van der Waals surface area contributed by atoms with Gasteiger partial charge in [-0.2, -0.15) is 4.31 Å². The van der Waals surface area contributed by atoms with Crippen LogP contribution in [0.3, 0.4) is 0 Å². The van der Waals surface area contributed by atoms with Crippen molar-refractivity contribution in [2.24, 2.45) is 0 Å². The number of carbonyl (C=O) groups excluding carboxylic acids is 1. The van der Waals surface area contributed by atoms with Gasteiger partial charge in [-0.15, -0.1) is 0 Å². The summed E-state index contributed by atoms with van der Waals surface area (Å²) in [7, 11) is -2.30. The Morgan fingerprint density at radius 2 is 1.83 bits per heavy atom. The van der Waals surface area contributed by atoms with Gasteiger partial charge >= 0.3 is 0 Å². The second kappa shape index (κ2) is 8.40. The Balaban J connectivity index is 1.65. The highest BCUT2D eigenvalue weighted by atomic mass is 32.2. The number of nitrogens with zero attached hydrogens (tertiary/aromatic N) is 2. The summed E-state index contributed by atoms with van der Waals surface area (Å²) in [6.45, 7) is 3.58. The highest BCUT2D eigenvalue weighted by Gasteiger charge is 2.34. The molecule has 0 N–H and O–H groups in total. The van der Waals surface area contributed by atoms with Gasteiger partial charge in [-0.3, -0.25) is 4.79 Å². The van der Waals surface area contributed by atoms with Crippen LogP contribution in [0.1, 0.15) is 47.7 Å². The average Bonchev–Trinajstić information content (AvgIpc) is 2.78. The van der Waals surface area contributed by atoms with Crippen molar-refractivity contribution in [2.45, 2.75) is 50.1 Å². The summed E-state index contributed by atoms with van der Waals surface area (Å²) in [5.74, 6) is 0.114. The van der Waals surface area contributed by atoms with E-state index in [0.717, 1.165) is 31.2 Å². The number of benzene rings is 2. The summed E-state index contributed by atoms with van der Waals surface area (Å²) in [6, 6.07) is 12.8. The van der Waals surface area contributed by atoms with Gasteiger partial charge in [0.25, 0.3) is 5.91 Å². The Kier molecular flexibility index (Phi) is 5.84. The molecule has 7 heteroatoms. The smallest absolute Gasteiger partial charge is 0.254 e. The monoisotopic (exact) mass is 428 g/mol. The Morgan fingerprint density at radius 3 is 2.57 bits per heavy atom. The molecule has 160 valence electrons. The largest absolute Gasteiger partial charge is 0.495 e. The second-order valence-corrected chi connectivity index (χ2v) is 9.93. The number of rotatable bonds is 4. The van der Waals surface area contributed by atoms with E-state index >= 15 is 0 Å². The van der Waals surface area contributed by atoms with E-state index in [1.807, 2.05) is 25.1 Å². The lowest BCUT2D eigenvalue weighted by Crippen LogP contribution is -2.42. The Morgan fingerprint density at radius 1 is 1.07 bits per heavy atom. The molecule has 1 fully saturated rings. The third kappa shape index (κ3) is 3.84. The van der Waals surface area contributed by atoms with Crippen molar-refractivity contribution in [3.63, 3.8) is 0 Å². The molecule has 1 unspecified atom stereocenters. The van der Waals surface area contributed by atoms with Crippen molar-refractivity contribution in [3.05, 3.63) is 59.2 Å². The summed E-state index contributed by atoms with van der Waals surface area (Å²) >= 11 is 0. The number of methoxy groups -OCH3 is 1. The molecular weight excluding hydrogens is 400 g/mol. The van der Waals surface area contributed by atoms with Crippen LogP contribution in [0.15, 0.2) is 47.4 Å². The van der Waals surface area contributed by atoms with Crippen LogP contribution in [0, 0.1) is 0 Å². The zero-order valence-corrected chi connectivity index (χ0v) is 18.3. The maximum Gasteiger partial charge on any atom is 0.254 e. The number of amides is 1. The fraction of sp³-hybridized carbons (Fsp3) is 0.435. The number of hydrogen-bond donors (Lipinski definition) is 0. The van der Waals surface area contributed by atoms with E-state index in [1.54, 1.807) is 21.3 Å². The predicted molar refractivity (Wildman–Crippen MR) is 115 cm³/mol. The van der Waals surface area contributed by atoms with Crippen molar-refractivity contribution in [1.82, 2.24) is 9.21 Å². The molecule has 2 aliphatic heterocycles. The first-order chi connectivity index (χ1) is 14.4. The highest BCUT2D eigenvalue weighted by molar-refractivity contribution is 7.89. The van der Waals surface area contributed by atoms with Crippen molar-refractivity contribution < 1.29 is 17.9 Å². The minimum atomic E-state index is -3.75. The zero-order chi connectivity index (χ0) is 21.3. The van der Waals surface area contributed by atoms with Crippen LogP contribution in [-0.4, -0.2) is 49.8 Å². The average molecular weight is 429 g/mol. The third-order valence-corrected chi connectivity index (χ3v) is 8.19. The fourth-order valence-corrected chi connectivity index (χ4v) is 6.30. The van der Waals surface area contributed by atoms with Crippen molar-refractivity contribution in [1.29, 1.82) is 0 Å². The molecule has 0 saturated carbocycles. The van der Waals surface area contributed by atoms with Gasteiger partial charge in [0, 0.05) is 31.2 Å². The first-order valence-corrected chi connectivity index (χ1v) is 11.9. The van der Waals surface area contributed by atoms with Crippen molar-refractivity contribution in [3.8, 4) is 5.75 Å².